The number of hydrogen-bond donors (Lipinski definition) is 3. The maximum atomic E-state index is 8.93. The number of hydrogen-bond acceptors (Lipinski definition) is 4. The number of nitrogens with one attached hydrogen (secondary N) is 1. The van der Waals surface area contributed by atoms with Gasteiger partial charge in [-0.1, -0.05) is 35.5 Å². The Bertz CT molecular complexity index is 566. The molecule has 0 aliphatic rings. The minimum absolute atomic E-state index is 0.124. The van der Waals surface area contributed by atoms with Crippen molar-refractivity contribution < 1.29 is 5.21 Å². The molecule has 1 aromatic carbocycles. The Morgan fingerprint density at radius 1 is 1.35 bits per heavy atom. The second-order valence-electron chi connectivity index (χ2n) is 4.65. The van der Waals surface area contributed by atoms with Gasteiger partial charge in [-0.2, -0.15) is 0 Å². The van der Waals surface area contributed by atoms with Crippen molar-refractivity contribution in [2.45, 2.75) is 19.4 Å². The molecule has 4 N–H and O–H groups in total. The molecule has 2 aromatic rings. The van der Waals surface area contributed by atoms with E-state index in [1.165, 1.54) is 10.4 Å². The van der Waals surface area contributed by atoms with E-state index in [-0.39, 0.29) is 11.8 Å². The number of benzene rings is 1. The molecule has 0 bridgehead atoms. The van der Waals surface area contributed by atoms with Crippen molar-refractivity contribution in [3.63, 3.8) is 0 Å². The lowest BCUT2D eigenvalue weighted by Crippen LogP contribution is -2.31. The van der Waals surface area contributed by atoms with Crippen LogP contribution in [0.3, 0.4) is 0 Å². The predicted molar refractivity (Wildman–Crippen MR) is 83.4 cm³/mol. The van der Waals surface area contributed by atoms with Gasteiger partial charge < -0.3 is 16.3 Å². The monoisotopic (exact) mass is 289 g/mol. The first-order valence-electron chi connectivity index (χ1n) is 6.48. The molecule has 0 saturated heterocycles. The Morgan fingerprint density at radius 3 is 2.70 bits per heavy atom. The number of oxime groups is 1. The normalized spacial score (nSPS) is 13.3. The molecule has 20 heavy (non-hydrogen) atoms. The first kappa shape index (κ1) is 14.6. The Morgan fingerprint density at radius 2 is 2.10 bits per heavy atom. The molecule has 0 spiro atoms. The minimum Gasteiger partial charge on any atom is -0.409 e. The van der Waals surface area contributed by atoms with Gasteiger partial charge >= 0.3 is 0 Å². The third-order valence-corrected chi connectivity index (χ3v) is 4.30. The first-order chi connectivity index (χ1) is 9.72. The van der Waals surface area contributed by atoms with Crippen molar-refractivity contribution in [2.75, 3.05) is 6.54 Å². The maximum Gasteiger partial charge on any atom is 0.147 e. The second-order valence-corrected chi connectivity index (χ2v) is 5.65. The number of aryl methyl sites for hydroxylation is 1. The van der Waals surface area contributed by atoms with E-state index in [1.54, 1.807) is 11.3 Å². The van der Waals surface area contributed by atoms with Gasteiger partial charge in [-0.15, -0.1) is 11.3 Å². The molecule has 1 atom stereocenters. The lowest BCUT2D eigenvalue weighted by atomic mass is 9.98. The van der Waals surface area contributed by atoms with E-state index in [9.17, 15) is 0 Å². The molecule has 1 heterocycles. The van der Waals surface area contributed by atoms with E-state index < -0.39 is 0 Å². The Balaban J connectivity index is 2.01. The lowest BCUT2D eigenvalue weighted by Gasteiger charge is -2.16. The van der Waals surface area contributed by atoms with Crippen LogP contribution in [0.4, 0.5) is 0 Å². The summed E-state index contributed by atoms with van der Waals surface area (Å²) < 4.78 is 0. The van der Waals surface area contributed by atoms with Gasteiger partial charge in [-0.3, -0.25) is 0 Å². The highest BCUT2D eigenvalue weighted by molar-refractivity contribution is 7.10. The summed E-state index contributed by atoms with van der Waals surface area (Å²) in [6, 6.07) is 11.9. The molecule has 0 amide bonds. The summed E-state index contributed by atoms with van der Waals surface area (Å²) in [5.74, 6) is 0.105. The van der Waals surface area contributed by atoms with E-state index >= 15 is 0 Å². The molecule has 5 heteroatoms. The summed E-state index contributed by atoms with van der Waals surface area (Å²) in [7, 11) is 0. The average Bonchev–Trinajstić information content (AvgIpc) is 2.89. The summed E-state index contributed by atoms with van der Waals surface area (Å²) in [6.07, 6.45) is 0. The Kier molecular flexibility index (Phi) is 5.15. The van der Waals surface area contributed by atoms with E-state index in [2.05, 4.69) is 28.8 Å². The second kappa shape index (κ2) is 7.07. The smallest absolute Gasteiger partial charge is 0.147 e. The molecular formula is C15H19N3OS. The van der Waals surface area contributed by atoms with Gasteiger partial charge in [0.05, 0.1) is 5.92 Å². The quantitative estimate of drug-likeness (QED) is 0.331. The van der Waals surface area contributed by atoms with Crippen LogP contribution in [0.2, 0.25) is 0 Å². The van der Waals surface area contributed by atoms with Crippen molar-refractivity contribution in [3.05, 3.63) is 57.8 Å². The molecule has 0 radical (unpaired) electrons. The van der Waals surface area contributed by atoms with Gasteiger partial charge in [0.15, 0.2) is 0 Å². The predicted octanol–water partition coefficient (Wildman–Crippen LogP) is 2.68. The van der Waals surface area contributed by atoms with Crippen LogP contribution in [0, 0.1) is 6.92 Å². The van der Waals surface area contributed by atoms with Crippen LogP contribution in [0.15, 0.2) is 46.9 Å². The van der Waals surface area contributed by atoms with Crippen molar-refractivity contribution >= 4 is 17.2 Å². The number of rotatable bonds is 6. The topological polar surface area (TPSA) is 70.6 Å². The van der Waals surface area contributed by atoms with Crippen molar-refractivity contribution in [2.24, 2.45) is 10.9 Å². The average molecular weight is 289 g/mol. The highest BCUT2D eigenvalue weighted by Gasteiger charge is 2.16. The zero-order chi connectivity index (χ0) is 14.4. The van der Waals surface area contributed by atoms with Gasteiger partial charge in [0.25, 0.3) is 0 Å². The van der Waals surface area contributed by atoms with Gasteiger partial charge in [0, 0.05) is 18.0 Å². The molecule has 0 aliphatic carbocycles. The summed E-state index contributed by atoms with van der Waals surface area (Å²) in [5, 5.41) is 17.6. The van der Waals surface area contributed by atoms with E-state index in [0.717, 1.165) is 12.1 Å². The van der Waals surface area contributed by atoms with Crippen molar-refractivity contribution in [1.82, 2.24) is 5.32 Å². The van der Waals surface area contributed by atoms with Crippen molar-refractivity contribution in [3.8, 4) is 0 Å². The zero-order valence-corrected chi connectivity index (χ0v) is 12.2. The van der Waals surface area contributed by atoms with Crippen molar-refractivity contribution in [1.29, 1.82) is 0 Å². The highest BCUT2D eigenvalue weighted by Crippen LogP contribution is 2.17. The van der Waals surface area contributed by atoms with Gasteiger partial charge in [-0.25, -0.2) is 0 Å². The third-order valence-electron chi connectivity index (χ3n) is 3.28. The van der Waals surface area contributed by atoms with Gasteiger partial charge in [0.1, 0.15) is 5.84 Å². The van der Waals surface area contributed by atoms with Crippen LogP contribution < -0.4 is 11.1 Å². The van der Waals surface area contributed by atoms with E-state index in [4.69, 9.17) is 10.9 Å². The Labute approximate surface area is 122 Å². The molecule has 1 unspecified atom stereocenters. The first-order valence-corrected chi connectivity index (χ1v) is 7.36. The number of nitrogens with zero attached hydrogens (tertiary/aromatic N) is 1. The molecule has 2 rings (SSSR count). The molecular weight excluding hydrogens is 270 g/mol. The number of amidine groups is 1. The largest absolute Gasteiger partial charge is 0.409 e. The van der Waals surface area contributed by atoms with Crippen LogP contribution in [-0.4, -0.2) is 17.6 Å². The van der Waals surface area contributed by atoms with Crippen LogP contribution in [0.25, 0.3) is 0 Å². The van der Waals surface area contributed by atoms with Crippen LogP contribution in [-0.2, 0) is 6.54 Å². The summed E-state index contributed by atoms with van der Waals surface area (Å²) in [5.41, 5.74) is 8.14. The van der Waals surface area contributed by atoms with Crippen LogP contribution in [0.5, 0.6) is 0 Å². The molecule has 106 valence electrons. The summed E-state index contributed by atoms with van der Waals surface area (Å²) in [6.45, 7) is 3.54. The summed E-state index contributed by atoms with van der Waals surface area (Å²) in [4.78, 5) is 1.32. The van der Waals surface area contributed by atoms with Crippen LogP contribution in [0.1, 0.15) is 21.9 Å². The van der Waals surface area contributed by atoms with Crippen LogP contribution >= 0.6 is 11.3 Å². The Hall–Kier alpha value is -1.85. The molecule has 0 aliphatic heterocycles. The molecule has 0 saturated carbocycles. The third kappa shape index (κ3) is 3.59. The molecule has 4 nitrogen and oxygen atoms in total. The fourth-order valence-electron chi connectivity index (χ4n) is 2.06. The molecule has 0 fully saturated rings. The fourth-order valence-corrected chi connectivity index (χ4v) is 2.94. The van der Waals surface area contributed by atoms with Gasteiger partial charge in [0.2, 0.25) is 0 Å². The minimum atomic E-state index is -0.124. The highest BCUT2D eigenvalue weighted by atomic mass is 32.1. The van der Waals surface area contributed by atoms with Gasteiger partial charge in [-0.05, 0) is 29.5 Å². The maximum absolute atomic E-state index is 8.93. The lowest BCUT2D eigenvalue weighted by molar-refractivity contribution is 0.315. The summed E-state index contributed by atoms with van der Waals surface area (Å²) >= 11 is 1.74. The fraction of sp³-hybridized carbons (Fsp3) is 0.267. The van der Waals surface area contributed by atoms with E-state index in [0.29, 0.717) is 6.54 Å². The number of nitrogens with two attached hydrogens (primary N) is 1. The molecule has 1 aromatic heterocycles. The number of thiophene rings is 1. The van der Waals surface area contributed by atoms with E-state index in [1.807, 2.05) is 30.3 Å². The zero-order valence-electron chi connectivity index (χ0n) is 11.4. The standard InChI is InChI=1S/C15H19N3OS/c1-11-7-8-20-14(11)10-17-9-13(15(16)18-19)12-5-3-2-4-6-12/h2-8,13,17,19H,9-10H2,1H3,(H2,16,18). The SMILES string of the molecule is Cc1ccsc1CNCC(/C(N)=N/O)c1ccccc1.